The van der Waals surface area contributed by atoms with Crippen LogP contribution in [0.5, 0.6) is 0 Å². The second-order valence-corrected chi connectivity index (χ2v) is 8.04. The first-order valence-corrected chi connectivity index (χ1v) is 10.2. The maximum atomic E-state index is 15.3. The van der Waals surface area contributed by atoms with Crippen molar-refractivity contribution in [3.8, 4) is 0 Å². The van der Waals surface area contributed by atoms with E-state index in [1.54, 1.807) is 29.2 Å². The molecule has 0 aliphatic carbocycles. The lowest BCUT2D eigenvalue weighted by atomic mass is 10.0. The molecule has 1 atom stereocenters. The Morgan fingerprint density at radius 1 is 1.52 bits per heavy atom. The summed E-state index contributed by atoms with van der Waals surface area (Å²) in [5, 5.41) is 14.5. The fourth-order valence-electron chi connectivity index (χ4n) is 4.20. The zero-order valence-electron chi connectivity index (χ0n) is 16.1. The summed E-state index contributed by atoms with van der Waals surface area (Å²) in [5.41, 5.74) is 0.365. The molecular weight excluding hydrogens is 395 g/mol. The van der Waals surface area contributed by atoms with Gasteiger partial charge in [-0.15, -0.1) is 11.3 Å². The molecule has 1 unspecified atom stereocenters. The van der Waals surface area contributed by atoms with E-state index in [4.69, 9.17) is 0 Å². The number of carboxylic acid groups (broad SMARTS) is 1. The van der Waals surface area contributed by atoms with Crippen molar-refractivity contribution in [2.75, 3.05) is 38.6 Å². The van der Waals surface area contributed by atoms with E-state index in [1.165, 1.54) is 17.4 Å². The van der Waals surface area contributed by atoms with E-state index in [1.807, 2.05) is 11.9 Å². The number of aromatic nitrogens is 1. The van der Waals surface area contributed by atoms with Gasteiger partial charge >= 0.3 is 5.97 Å². The molecule has 0 radical (unpaired) electrons. The van der Waals surface area contributed by atoms with E-state index in [-0.39, 0.29) is 10.9 Å². The number of carbonyl (C=O) groups is 1. The van der Waals surface area contributed by atoms with Crippen molar-refractivity contribution in [1.29, 1.82) is 0 Å². The molecule has 4 rings (SSSR count). The molecule has 0 bridgehead atoms. The van der Waals surface area contributed by atoms with E-state index in [2.05, 4.69) is 10.3 Å². The molecular formula is C20H21FN4O3S. The molecule has 1 aromatic carbocycles. The number of benzene rings is 1. The fraction of sp³-hybridized carbons (Fsp3) is 0.350. The van der Waals surface area contributed by atoms with Gasteiger partial charge in [-0.05, 0) is 32.0 Å². The van der Waals surface area contributed by atoms with Gasteiger partial charge in [0.2, 0.25) is 5.43 Å². The van der Waals surface area contributed by atoms with Gasteiger partial charge in [0.15, 0.2) is 0 Å². The second kappa shape index (κ2) is 7.57. The molecule has 1 aliphatic heterocycles. The van der Waals surface area contributed by atoms with Crippen LogP contribution < -0.4 is 15.6 Å². The van der Waals surface area contributed by atoms with Gasteiger partial charge in [-0.2, -0.15) is 0 Å². The standard InChI is InChI=1S/C20H21FN4O3S/c1-22-8-11-3-4-24(10-11)17-13(9-23-2)16-12(7-14(17)21)18(26)15(20(27)28)19-25(16)5-6-29-19/h5-7,9,11,22H,3-4,8,10H2,1-2H3,(H,27,28). The van der Waals surface area contributed by atoms with Gasteiger partial charge in [-0.1, -0.05) is 0 Å². The highest BCUT2D eigenvalue weighted by Crippen LogP contribution is 2.35. The Morgan fingerprint density at radius 3 is 3.00 bits per heavy atom. The highest BCUT2D eigenvalue weighted by Gasteiger charge is 2.29. The number of aliphatic imine (C=N–C) groups is 1. The number of hydrogen-bond donors (Lipinski definition) is 2. The number of hydrogen-bond acceptors (Lipinski definition) is 6. The number of halogens is 1. The largest absolute Gasteiger partial charge is 0.477 e. The first kappa shape index (κ1) is 19.5. The molecule has 1 fully saturated rings. The SMILES string of the molecule is CN=Cc1c(N2CCC(CNC)C2)c(F)cc2c(=O)c(C(=O)O)c3sccn3c12. The summed E-state index contributed by atoms with van der Waals surface area (Å²) in [6, 6.07) is 1.17. The smallest absolute Gasteiger partial charge is 0.342 e. The third-order valence-electron chi connectivity index (χ3n) is 5.36. The number of nitrogens with one attached hydrogen (secondary N) is 1. The molecule has 0 spiro atoms. The van der Waals surface area contributed by atoms with Crippen LogP contribution in [0.1, 0.15) is 22.3 Å². The highest BCUT2D eigenvalue weighted by molar-refractivity contribution is 7.16. The number of thiazole rings is 1. The normalized spacial score (nSPS) is 17.2. The van der Waals surface area contributed by atoms with Crippen LogP contribution in [-0.2, 0) is 0 Å². The topological polar surface area (TPSA) is 86.4 Å². The van der Waals surface area contributed by atoms with Crippen LogP contribution in [0.4, 0.5) is 10.1 Å². The van der Waals surface area contributed by atoms with Crippen molar-refractivity contribution in [2.24, 2.45) is 10.9 Å². The van der Waals surface area contributed by atoms with Crippen molar-refractivity contribution < 1.29 is 14.3 Å². The molecule has 0 amide bonds. The summed E-state index contributed by atoms with van der Waals surface area (Å²) >= 11 is 1.17. The fourth-order valence-corrected chi connectivity index (χ4v) is 5.08. The summed E-state index contributed by atoms with van der Waals surface area (Å²) in [4.78, 5) is 31.1. The molecule has 1 aliphatic rings. The van der Waals surface area contributed by atoms with Gasteiger partial charge < -0.3 is 19.7 Å². The van der Waals surface area contributed by atoms with Crippen LogP contribution in [0.3, 0.4) is 0 Å². The molecule has 2 N–H and O–H groups in total. The zero-order chi connectivity index (χ0) is 20.7. The monoisotopic (exact) mass is 416 g/mol. The van der Waals surface area contributed by atoms with Gasteiger partial charge in [-0.3, -0.25) is 9.79 Å². The third-order valence-corrected chi connectivity index (χ3v) is 6.25. The molecule has 7 nitrogen and oxygen atoms in total. The lowest BCUT2D eigenvalue weighted by Crippen LogP contribution is -2.26. The minimum atomic E-state index is -1.32. The Hall–Kier alpha value is -2.78. The van der Waals surface area contributed by atoms with Crippen molar-refractivity contribution in [1.82, 2.24) is 9.72 Å². The Labute approximate surface area is 170 Å². The van der Waals surface area contributed by atoms with Crippen LogP contribution >= 0.6 is 11.3 Å². The van der Waals surface area contributed by atoms with Crippen molar-refractivity contribution in [3.05, 3.63) is 44.8 Å². The van der Waals surface area contributed by atoms with E-state index in [0.29, 0.717) is 40.6 Å². The Balaban J connectivity index is 2.06. The maximum absolute atomic E-state index is 15.3. The van der Waals surface area contributed by atoms with E-state index < -0.39 is 17.2 Å². The van der Waals surface area contributed by atoms with Crippen LogP contribution in [0, 0.1) is 11.7 Å². The first-order valence-electron chi connectivity index (χ1n) is 9.31. The van der Waals surface area contributed by atoms with E-state index in [0.717, 1.165) is 13.0 Å². The van der Waals surface area contributed by atoms with Crippen LogP contribution in [0.25, 0.3) is 15.7 Å². The van der Waals surface area contributed by atoms with Crippen molar-refractivity contribution >= 4 is 44.9 Å². The summed E-state index contributed by atoms with van der Waals surface area (Å²) in [5.74, 6) is -1.46. The minimum absolute atomic E-state index is 0.0421. The van der Waals surface area contributed by atoms with Crippen molar-refractivity contribution in [3.63, 3.8) is 0 Å². The van der Waals surface area contributed by atoms with Gasteiger partial charge in [0.25, 0.3) is 0 Å². The average Bonchev–Trinajstić information content (AvgIpc) is 3.32. The number of carboxylic acids is 1. The summed E-state index contributed by atoms with van der Waals surface area (Å²) in [6.45, 7) is 2.25. The predicted octanol–water partition coefficient (Wildman–Crippen LogP) is 2.45. The van der Waals surface area contributed by atoms with Gasteiger partial charge in [0.1, 0.15) is 16.2 Å². The highest BCUT2D eigenvalue weighted by atomic mass is 32.1. The minimum Gasteiger partial charge on any atom is -0.477 e. The summed E-state index contributed by atoms with van der Waals surface area (Å²) in [7, 11) is 3.49. The van der Waals surface area contributed by atoms with Gasteiger partial charge in [-0.25, -0.2) is 9.18 Å². The Morgan fingerprint density at radius 2 is 2.31 bits per heavy atom. The van der Waals surface area contributed by atoms with Gasteiger partial charge in [0.05, 0.1) is 16.6 Å². The second-order valence-electron chi connectivity index (χ2n) is 7.15. The van der Waals surface area contributed by atoms with Gasteiger partial charge in [0, 0.05) is 43.5 Å². The lowest BCUT2D eigenvalue weighted by molar-refractivity contribution is 0.0697. The number of pyridine rings is 1. The molecule has 3 aromatic rings. The quantitative estimate of drug-likeness (QED) is 0.624. The average molecular weight is 416 g/mol. The van der Waals surface area contributed by atoms with Crippen LogP contribution in [0.2, 0.25) is 0 Å². The maximum Gasteiger partial charge on any atom is 0.342 e. The van der Waals surface area contributed by atoms with E-state index >= 15 is 4.39 Å². The van der Waals surface area contributed by atoms with Crippen LogP contribution in [-0.4, -0.2) is 55.4 Å². The lowest BCUT2D eigenvalue weighted by Gasteiger charge is -2.23. The summed E-state index contributed by atoms with van der Waals surface area (Å²) in [6.07, 6.45) is 4.19. The molecule has 3 heterocycles. The number of rotatable bonds is 5. The van der Waals surface area contributed by atoms with Crippen LogP contribution in [0.15, 0.2) is 27.4 Å². The number of nitrogens with zero attached hydrogens (tertiary/aromatic N) is 3. The number of aromatic carboxylic acids is 1. The molecule has 152 valence electrons. The molecule has 2 aromatic heterocycles. The zero-order valence-corrected chi connectivity index (χ0v) is 16.9. The Kier molecular flexibility index (Phi) is 5.10. The molecule has 1 saturated heterocycles. The third kappa shape index (κ3) is 3.10. The predicted molar refractivity (Wildman–Crippen MR) is 114 cm³/mol. The summed E-state index contributed by atoms with van der Waals surface area (Å²) < 4.78 is 17.0. The molecule has 29 heavy (non-hydrogen) atoms. The molecule has 0 saturated carbocycles. The van der Waals surface area contributed by atoms with E-state index in [9.17, 15) is 14.7 Å². The molecule has 9 heteroatoms. The first-order chi connectivity index (χ1) is 14.0. The number of fused-ring (bicyclic) bond motifs is 3. The van der Waals surface area contributed by atoms with Crippen molar-refractivity contribution in [2.45, 2.75) is 6.42 Å². The number of anilines is 1. The Bertz CT molecular complexity index is 1200.